The molecule has 47 heavy (non-hydrogen) atoms. The Bertz CT molecular complexity index is 1420. The van der Waals surface area contributed by atoms with Crippen LogP contribution in [0, 0.1) is 23.7 Å². The molecular weight excluding hydrogens is 580 g/mol. The van der Waals surface area contributed by atoms with Gasteiger partial charge in [-0.1, -0.05) is 155 Å². The molecule has 0 heterocycles. The maximum atomic E-state index is 11.1. The molecule has 0 amide bonds. The minimum Gasteiger partial charge on any atom is -0.477 e. The maximum Gasteiger partial charge on any atom is 0.339 e. The summed E-state index contributed by atoms with van der Waals surface area (Å²) >= 11 is 0. The zero-order valence-corrected chi connectivity index (χ0v) is 29.3. The van der Waals surface area contributed by atoms with Crippen molar-refractivity contribution in [1.82, 2.24) is 0 Å². The molecule has 0 spiro atoms. The molecule has 0 aromatic heterocycles. The van der Waals surface area contributed by atoms with Crippen molar-refractivity contribution in [2.24, 2.45) is 0 Å². The first-order valence-corrected chi connectivity index (χ1v) is 16.8. The summed E-state index contributed by atoms with van der Waals surface area (Å²) in [5, 5.41) is 29.3. The van der Waals surface area contributed by atoms with E-state index in [4.69, 9.17) is 5.11 Å². The molecule has 0 radical (unpaired) electrons. The van der Waals surface area contributed by atoms with Crippen molar-refractivity contribution in [3.8, 4) is 23.7 Å². The number of carboxylic acid groups (broad SMARTS) is 1. The van der Waals surface area contributed by atoms with E-state index in [2.05, 4.69) is 43.3 Å². The maximum absolute atomic E-state index is 11.1. The summed E-state index contributed by atoms with van der Waals surface area (Å²) in [6.07, 6.45) is 8.65. The predicted molar refractivity (Wildman–Crippen MR) is 196 cm³/mol. The number of carboxylic acids is 1. The van der Waals surface area contributed by atoms with E-state index in [0.717, 1.165) is 73.6 Å². The smallest absolute Gasteiger partial charge is 0.339 e. The summed E-state index contributed by atoms with van der Waals surface area (Å²) in [5.74, 6) is 11.0. The lowest BCUT2D eigenvalue weighted by atomic mass is 9.96. The molecule has 3 N–H and O–H groups in total. The van der Waals surface area contributed by atoms with E-state index in [1.54, 1.807) is 13.8 Å². The van der Waals surface area contributed by atoms with Crippen LogP contribution in [0.3, 0.4) is 0 Å². The highest BCUT2D eigenvalue weighted by Crippen LogP contribution is 2.20. The van der Waals surface area contributed by atoms with E-state index in [1.165, 1.54) is 0 Å². The normalized spacial score (nSPS) is 12.3. The molecule has 0 aliphatic carbocycles. The molecule has 3 aromatic rings. The Balaban J connectivity index is 0.000000353. The topological polar surface area (TPSA) is 77.8 Å². The Morgan fingerprint density at radius 3 is 1.38 bits per heavy atom. The van der Waals surface area contributed by atoms with Gasteiger partial charge in [-0.15, -0.1) is 5.73 Å². The van der Waals surface area contributed by atoms with E-state index in [-0.39, 0.29) is 0 Å². The van der Waals surface area contributed by atoms with Crippen molar-refractivity contribution in [3.63, 3.8) is 0 Å². The zero-order chi connectivity index (χ0) is 35.0. The van der Waals surface area contributed by atoms with Crippen LogP contribution in [0.15, 0.2) is 102 Å². The average Bonchev–Trinajstić information content (AvgIpc) is 3.08. The largest absolute Gasteiger partial charge is 0.477 e. The van der Waals surface area contributed by atoms with Crippen molar-refractivity contribution in [2.45, 2.75) is 111 Å². The Morgan fingerprint density at radius 2 is 1.02 bits per heavy atom. The SMILES string of the molecule is CCCCC#CC(C)(O)c1ccccc1.CCCCC#C[C@@](C)(O)c1ccccc1.CCCCC(=C=C(C)c1ccccc1)C(=O)O. The summed E-state index contributed by atoms with van der Waals surface area (Å²) in [6, 6.07) is 28.9. The molecule has 4 nitrogen and oxygen atoms in total. The highest BCUT2D eigenvalue weighted by Gasteiger charge is 2.19. The molecule has 0 aliphatic heterocycles. The van der Waals surface area contributed by atoms with Crippen LogP contribution < -0.4 is 0 Å². The number of aliphatic carboxylic acids is 1. The molecule has 3 aromatic carbocycles. The van der Waals surface area contributed by atoms with Gasteiger partial charge in [0.05, 0.1) is 5.57 Å². The van der Waals surface area contributed by atoms with Crippen molar-refractivity contribution < 1.29 is 20.1 Å². The van der Waals surface area contributed by atoms with Gasteiger partial charge in [0.2, 0.25) is 0 Å². The van der Waals surface area contributed by atoms with Gasteiger partial charge in [-0.3, -0.25) is 0 Å². The summed E-state index contributed by atoms with van der Waals surface area (Å²) in [7, 11) is 0. The minimum absolute atomic E-state index is 0.369. The molecule has 4 heteroatoms. The summed E-state index contributed by atoms with van der Waals surface area (Å²) < 4.78 is 0. The molecule has 1 unspecified atom stereocenters. The van der Waals surface area contributed by atoms with E-state index in [0.29, 0.717) is 12.0 Å². The molecule has 250 valence electrons. The van der Waals surface area contributed by atoms with Crippen LogP contribution in [-0.2, 0) is 16.0 Å². The summed E-state index contributed by atoms with van der Waals surface area (Å²) in [5.41, 5.74) is 4.93. The Hall–Kier alpha value is -4.31. The molecule has 0 aliphatic rings. The third-order valence-corrected chi connectivity index (χ3v) is 7.23. The lowest BCUT2D eigenvalue weighted by Gasteiger charge is -2.16. The van der Waals surface area contributed by atoms with Gasteiger partial charge in [0.25, 0.3) is 0 Å². The third kappa shape index (κ3) is 17.3. The molecule has 3 rings (SSSR count). The number of benzene rings is 3. The van der Waals surface area contributed by atoms with Crippen LogP contribution in [0.25, 0.3) is 5.57 Å². The molecule has 0 bridgehead atoms. The number of hydrogen-bond acceptors (Lipinski definition) is 3. The van der Waals surface area contributed by atoms with Crippen LogP contribution in [-0.4, -0.2) is 21.3 Å². The predicted octanol–water partition coefficient (Wildman–Crippen LogP) is 10.1. The quantitative estimate of drug-likeness (QED) is 0.0849. The molecule has 0 fully saturated rings. The number of carbonyl (C=O) groups is 1. The Morgan fingerprint density at radius 1 is 0.638 bits per heavy atom. The van der Waals surface area contributed by atoms with Gasteiger partial charge in [-0.05, 0) is 68.7 Å². The Labute approximate surface area is 284 Å². The average molecular weight is 635 g/mol. The Kier molecular flexibility index (Phi) is 20.0. The van der Waals surface area contributed by atoms with E-state index in [1.807, 2.05) is 105 Å². The van der Waals surface area contributed by atoms with Gasteiger partial charge in [0.1, 0.15) is 11.2 Å². The number of hydrogen-bond donors (Lipinski definition) is 3. The summed E-state index contributed by atoms with van der Waals surface area (Å²) in [6.45, 7) is 11.7. The first-order chi connectivity index (χ1) is 22.5. The fourth-order valence-electron chi connectivity index (χ4n) is 4.23. The van der Waals surface area contributed by atoms with E-state index in [9.17, 15) is 15.0 Å². The standard InChI is InChI=1S/C15H18O2.2C14H18O/c1-3-4-8-14(15(16)17)11-12(2)13-9-6-5-7-10-13;2*1-3-4-5-9-12-14(2,15)13-10-7-6-8-11-13/h5-7,9-10H,3-4,8H2,1-2H3,(H,16,17);2*6-8,10-11,15H,3-5H2,1-2H3/t;14-;/m.1./s1. The highest BCUT2D eigenvalue weighted by atomic mass is 16.4. The van der Waals surface area contributed by atoms with E-state index < -0.39 is 17.2 Å². The van der Waals surface area contributed by atoms with Crippen LogP contribution in [0.5, 0.6) is 0 Å². The minimum atomic E-state index is -1.02. The molecule has 0 saturated heterocycles. The lowest BCUT2D eigenvalue weighted by Crippen LogP contribution is -2.18. The zero-order valence-electron chi connectivity index (χ0n) is 29.3. The monoisotopic (exact) mass is 634 g/mol. The molecule has 0 saturated carbocycles. The van der Waals surface area contributed by atoms with Gasteiger partial charge in [-0.2, -0.15) is 0 Å². The second kappa shape index (κ2) is 23.1. The first kappa shape index (κ1) is 40.7. The van der Waals surface area contributed by atoms with Crippen molar-refractivity contribution in [1.29, 1.82) is 0 Å². The highest BCUT2D eigenvalue weighted by molar-refractivity contribution is 5.87. The van der Waals surface area contributed by atoms with Gasteiger partial charge in [0, 0.05) is 12.8 Å². The van der Waals surface area contributed by atoms with Crippen LogP contribution in [0.1, 0.15) is 116 Å². The van der Waals surface area contributed by atoms with E-state index >= 15 is 0 Å². The fraction of sp³-hybridized carbons (Fsp3) is 0.395. The summed E-state index contributed by atoms with van der Waals surface area (Å²) in [4.78, 5) is 11.1. The second-order valence-electron chi connectivity index (χ2n) is 11.7. The first-order valence-electron chi connectivity index (χ1n) is 16.8. The van der Waals surface area contributed by atoms with Crippen molar-refractivity contribution in [3.05, 3.63) is 119 Å². The van der Waals surface area contributed by atoms with Gasteiger partial charge >= 0.3 is 5.97 Å². The van der Waals surface area contributed by atoms with Gasteiger partial charge in [-0.25, -0.2) is 4.79 Å². The number of unbranched alkanes of at least 4 members (excludes halogenated alkanes) is 5. The molecular formula is C43H54O4. The lowest BCUT2D eigenvalue weighted by molar-refractivity contribution is -0.132. The van der Waals surface area contributed by atoms with Gasteiger partial charge < -0.3 is 15.3 Å². The molecule has 2 atom stereocenters. The van der Waals surface area contributed by atoms with Crippen molar-refractivity contribution >= 4 is 11.5 Å². The van der Waals surface area contributed by atoms with Crippen LogP contribution in [0.4, 0.5) is 0 Å². The number of rotatable bonds is 11. The third-order valence-electron chi connectivity index (χ3n) is 7.23. The van der Waals surface area contributed by atoms with Crippen LogP contribution >= 0.6 is 0 Å². The van der Waals surface area contributed by atoms with Crippen molar-refractivity contribution in [2.75, 3.05) is 0 Å². The van der Waals surface area contributed by atoms with Crippen LogP contribution in [0.2, 0.25) is 0 Å². The van der Waals surface area contributed by atoms with Gasteiger partial charge in [0.15, 0.2) is 0 Å². The second-order valence-corrected chi connectivity index (χ2v) is 11.7. The number of aliphatic hydroxyl groups is 2. The fourth-order valence-corrected chi connectivity index (χ4v) is 4.23.